The minimum atomic E-state index is -0.409. The molecule has 0 radical (unpaired) electrons. The predicted octanol–water partition coefficient (Wildman–Crippen LogP) is 0.531. The summed E-state index contributed by atoms with van der Waals surface area (Å²) in [4.78, 5) is 10.9. The van der Waals surface area contributed by atoms with Gasteiger partial charge >= 0.3 is 5.97 Å². The van der Waals surface area contributed by atoms with E-state index < -0.39 is 5.97 Å². The van der Waals surface area contributed by atoms with Crippen LogP contribution >= 0.6 is 11.8 Å². The van der Waals surface area contributed by atoms with Gasteiger partial charge in [0.25, 0.3) is 0 Å². The Hall–Kier alpha value is -1.16. The first kappa shape index (κ1) is 7.94. The second-order valence-corrected chi connectivity index (χ2v) is 2.21. The Morgan fingerprint density at radius 2 is 2.55 bits per heavy atom. The molecule has 11 heavy (non-hydrogen) atoms. The SMILES string of the molecule is COC(=O)C1=CN(Cl)NC=C1. The van der Waals surface area contributed by atoms with Gasteiger partial charge in [0.05, 0.1) is 18.9 Å². The van der Waals surface area contributed by atoms with Crippen LogP contribution in [0.25, 0.3) is 0 Å². The van der Waals surface area contributed by atoms with E-state index in [4.69, 9.17) is 11.8 Å². The summed E-state index contributed by atoms with van der Waals surface area (Å²) in [6, 6.07) is 0. The molecule has 0 aromatic rings. The highest BCUT2D eigenvalue weighted by molar-refractivity contribution is 6.14. The van der Waals surface area contributed by atoms with Crippen molar-refractivity contribution in [2.75, 3.05) is 7.11 Å². The van der Waals surface area contributed by atoms with Crippen LogP contribution in [0.1, 0.15) is 0 Å². The quantitative estimate of drug-likeness (QED) is 0.465. The number of esters is 1. The van der Waals surface area contributed by atoms with Crippen LogP contribution in [0.2, 0.25) is 0 Å². The summed E-state index contributed by atoms with van der Waals surface area (Å²) in [6.07, 6.45) is 4.54. The zero-order valence-corrected chi connectivity index (χ0v) is 6.63. The Morgan fingerprint density at radius 3 is 3.09 bits per heavy atom. The number of carbonyl (C=O) groups excluding carboxylic acids is 1. The van der Waals surface area contributed by atoms with Crippen molar-refractivity contribution in [2.45, 2.75) is 0 Å². The van der Waals surface area contributed by atoms with Crippen LogP contribution in [-0.2, 0) is 9.53 Å². The fraction of sp³-hybridized carbons (Fsp3) is 0.167. The zero-order valence-electron chi connectivity index (χ0n) is 5.87. The first-order valence-electron chi connectivity index (χ1n) is 2.92. The lowest BCUT2D eigenvalue weighted by molar-refractivity contribution is -0.135. The molecule has 0 aromatic carbocycles. The Kier molecular flexibility index (Phi) is 2.38. The second-order valence-electron chi connectivity index (χ2n) is 1.85. The van der Waals surface area contributed by atoms with Crippen molar-refractivity contribution >= 4 is 17.7 Å². The van der Waals surface area contributed by atoms with Gasteiger partial charge in [-0.25, -0.2) is 9.32 Å². The van der Waals surface area contributed by atoms with Gasteiger partial charge in [-0.1, -0.05) is 0 Å². The minimum Gasteiger partial charge on any atom is -0.465 e. The molecule has 1 aliphatic heterocycles. The van der Waals surface area contributed by atoms with Crippen LogP contribution in [0.3, 0.4) is 0 Å². The number of nitrogens with zero attached hydrogens (tertiary/aromatic N) is 1. The number of ether oxygens (including phenoxy) is 1. The molecule has 0 amide bonds. The molecule has 1 aliphatic rings. The predicted molar refractivity (Wildman–Crippen MR) is 40.1 cm³/mol. The maximum absolute atomic E-state index is 10.9. The average Bonchev–Trinajstić information content (AvgIpc) is 2.03. The molecule has 0 aliphatic carbocycles. The number of hydrogen-bond donors (Lipinski definition) is 1. The standard InChI is InChI=1S/C6H7ClN2O2/c1-11-6(10)5-2-3-8-9(7)4-5/h2-4,8H,1H3. The molecule has 60 valence electrons. The summed E-state index contributed by atoms with van der Waals surface area (Å²) in [5.74, 6) is -0.409. The number of halogens is 1. The molecule has 5 heteroatoms. The van der Waals surface area contributed by atoms with E-state index in [9.17, 15) is 4.79 Å². The van der Waals surface area contributed by atoms with E-state index in [0.29, 0.717) is 5.57 Å². The Labute approximate surface area is 69.1 Å². The van der Waals surface area contributed by atoms with Crippen molar-refractivity contribution in [1.82, 2.24) is 9.95 Å². The monoisotopic (exact) mass is 174 g/mol. The molecule has 0 fully saturated rings. The zero-order chi connectivity index (χ0) is 8.27. The smallest absolute Gasteiger partial charge is 0.339 e. The summed E-state index contributed by atoms with van der Waals surface area (Å²) in [7, 11) is 1.32. The van der Waals surface area contributed by atoms with Gasteiger partial charge in [0, 0.05) is 18.0 Å². The summed E-state index contributed by atoms with van der Waals surface area (Å²) < 4.78 is 5.61. The van der Waals surface area contributed by atoms with Crippen LogP contribution in [0.5, 0.6) is 0 Å². The van der Waals surface area contributed by atoms with E-state index in [1.165, 1.54) is 13.3 Å². The Balaban J connectivity index is 2.71. The first-order chi connectivity index (χ1) is 5.24. The number of hydrogen-bond acceptors (Lipinski definition) is 4. The molecular formula is C6H7ClN2O2. The van der Waals surface area contributed by atoms with E-state index in [2.05, 4.69) is 10.2 Å². The molecule has 0 atom stereocenters. The van der Waals surface area contributed by atoms with Gasteiger partial charge in [-0.3, -0.25) is 5.43 Å². The van der Waals surface area contributed by atoms with Crippen LogP contribution in [0.15, 0.2) is 24.0 Å². The summed E-state index contributed by atoms with van der Waals surface area (Å²) in [6.45, 7) is 0. The molecule has 0 bridgehead atoms. The highest BCUT2D eigenvalue weighted by Crippen LogP contribution is 2.06. The lowest BCUT2D eigenvalue weighted by atomic mass is 10.3. The summed E-state index contributed by atoms with van der Waals surface area (Å²) in [5, 5.41) is 0. The normalized spacial score (nSPS) is 15.5. The largest absolute Gasteiger partial charge is 0.465 e. The van der Waals surface area contributed by atoms with Crippen LogP contribution in [-0.4, -0.2) is 17.6 Å². The molecule has 4 nitrogen and oxygen atoms in total. The van der Waals surface area contributed by atoms with E-state index in [1.807, 2.05) is 0 Å². The van der Waals surface area contributed by atoms with E-state index in [0.717, 1.165) is 4.53 Å². The van der Waals surface area contributed by atoms with Gasteiger partial charge in [-0.15, -0.1) is 0 Å². The molecule has 0 spiro atoms. The van der Waals surface area contributed by atoms with Crippen LogP contribution in [0.4, 0.5) is 0 Å². The van der Waals surface area contributed by atoms with Crippen molar-refractivity contribution in [3.8, 4) is 0 Å². The van der Waals surface area contributed by atoms with Crippen molar-refractivity contribution < 1.29 is 9.53 Å². The van der Waals surface area contributed by atoms with Gasteiger partial charge in [-0.05, 0) is 6.08 Å². The van der Waals surface area contributed by atoms with Gasteiger partial charge in [0.2, 0.25) is 0 Å². The number of nitrogens with one attached hydrogen (secondary N) is 1. The molecule has 0 saturated carbocycles. The topological polar surface area (TPSA) is 41.6 Å². The molecule has 0 unspecified atom stereocenters. The number of rotatable bonds is 1. The van der Waals surface area contributed by atoms with Crippen LogP contribution in [0, 0.1) is 0 Å². The number of carbonyl (C=O) groups is 1. The average molecular weight is 175 g/mol. The van der Waals surface area contributed by atoms with E-state index in [-0.39, 0.29) is 0 Å². The van der Waals surface area contributed by atoms with Crippen LogP contribution < -0.4 is 5.43 Å². The maximum atomic E-state index is 10.9. The molecular weight excluding hydrogens is 168 g/mol. The number of hydrazine groups is 1. The van der Waals surface area contributed by atoms with Gasteiger partial charge < -0.3 is 4.74 Å². The lowest BCUT2D eigenvalue weighted by Gasteiger charge is -2.14. The molecule has 0 aromatic heterocycles. The minimum absolute atomic E-state index is 0.404. The maximum Gasteiger partial charge on any atom is 0.339 e. The van der Waals surface area contributed by atoms with Gasteiger partial charge in [-0.2, -0.15) is 0 Å². The fourth-order valence-electron chi connectivity index (χ4n) is 0.639. The van der Waals surface area contributed by atoms with Crippen molar-refractivity contribution in [3.63, 3.8) is 0 Å². The highest BCUT2D eigenvalue weighted by atomic mass is 35.5. The van der Waals surface area contributed by atoms with E-state index >= 15 is 0 Å². The Morgan fingerprint density at radius 1 is 1.82 bits per heavy atom. The third kappa shape index (κ3) is 1.88. The van der Waals surface area contributed by atoms with Crippen molar-refractivity contribution in [3.05, 3.63) is 24.0 Å². The molecule has 1 N–H and O–H groups in total. The summed E-state index contributed by atoms with van der Waals surface area (Å²) in [5.41, 5.74) is 3.03. The number of methoxy groups -OCH3 is 1. The van der Waals surface area contributed by atoms with Crippen molar-refractivity contribution in [2.24, 2.45) is 0 Å². The first-order valence-corrected chi connectivity index (χ1v) is 3.25. The second kappa shape index (κ2) is 3.30. The fourth-order valence-corrected chi connectivity index (χ4v) is 0.801. The van der Waals surface area contributed by atoms with Gasteiger partial charge in [0.1, 0.15) is 0 Å². The highest BCUT2D eigenvalue weighted by Gasteiger charge is 2.10. The third-order valence-corrected chi connectivity index (χ3v) is 1.33. The Bertz CT molecular complexity index is 225. The molecule has 1 rings (SSSR count). The lowest BCUT2D eigenvalue weighted by Crippen LogP contribution is -2.23. The third-order valence-electron chi connectivity index (χ3n) is 1.13. The summed E-state index contributed by atoms with van der Waals surface area (Å²) >= 11 is 5.50. The van der Waals surface area contributed by atoms with E-state index in [1.54, 1.807) is 12.3 Å². The molecule has 1 heterocycles. The molecule has 0 saturated heterocycles. The van der Waals surface area contributed by atoms with Gasteiger partial charge in [0.15, 0.2) is 0 Å². The van der Waals surface area contributed by atoms with Crippen molar-refractivity contribution in [1.29, 1.82) is 0 Å².